The van der Waals surface area contributed by atoms with Crippen molar-refractivity contribution in [3.8, 4) is 11.9 Å². The number of aryl methyl sites for hydroxylation is 1. The fourth-order valence-electron chi connectivity index (χ4n) is 5.70. The topological polar surface area (TPSA) is 113 Å². The molecule has 36 heavy (non-hydrogen) atoms. The summed E-state index contributed by atoms with van der Waals surface area (Å²) in [5.41, 5.74) is 3.65. The number of aromatic nitrogens is 5. The van der Waals surface area contributed by atoms with Crippen LogP contribution in [0.1, 0.15) is 46.3 Å². The lowest BCUT2D eigenvalue weighted by Crippen LogP contribution is -2.60. The van der Waals surface area contributed by atoms with Crippen LogP contribution in [-0.4, -0.2) is 79.7 Å². The summed E-state index contributed by atoms with van der Waals surface area (Å²) < 4.78 is 21.7. The third kappa shape index (κ3) is 3.83. The van der Waals surface area contributed by atoms with Crippen molar-refractivity contribution < 1.29 is 13.9 Å². The van der Waals surface area contributed by atoms with Crippen LogP contribution in [0.15, 0.2) is 30.7 Å². The second-order valence-corrected chi connectivity index (χ2v) is 9.59. The number of hydrogen-bond acceptors (Lipinski definition) is 8. The van der Waals surface area contributed by atoms with Gasteiger partial charge in [0.15, 0.2) is 5.82 Å². The Kier molecular flexibility index (Phi) is 5.70. The lowest BCUT2D eigenvalue weighted by Gasteiger charge is -2.46. The van der Waals surface area contributed by atoms with Crippen molar-refractivity contribution in [2.45, 2.75) is 37.8 Å². The number of nitriles is 1. The van der Waals surface area contributed by atoms with E-state index < -0.39 is 5.82 Å². The van der Waals surface area contributed by atoms with Gasteiger partial charge < -0.3 is 9.64 Å². The highest BCUT2D eigenvalue weighted by atomic mass is 19.1. The predicted molar refractivity (Wildman–Crippen MR) is 124 cm³/mol. The summed E-state index contributed by atoms with van der Waals surface area (Å²) in [4.78, 5) is 22.3. The standard InChI is InChI=1S/C25H25FN8O2/c1-15-18(4-5-22(26)20(15)9-27)23-12-32-6-7-33(11-17(32)13-36-23)25(35)19-3-2-16-8-24(28-10-21(16)19)34-14-29-30-31-34/h4-5,8,10,14,17,19,23H,2-3,6-7,11-13H2,1H3/t17-,19?,23-/m1/s1. The van der Waals surface area contributed by atoms with E-state index >= 15 is 0 Å². The Hall–Kier alpha value is -3.75. The number of amides is 1. The SMILES string of the molecule is Cc1c([C@H]2CN3CCN(C(=O)C4CCc5cc(-n6cnnn6)ncc54)C[C@@H]3CO2)ccc(F)c1C#N. The number of hydrogen-bond donors (Lipinski definition) is 0. The number of rotatable bonds is 3. The molecule has 11 heteroatoms. The predicted octanol–water partition coefficient (Wildman–Crippen LogP) is 1.69. The van der Waals surface area contributed by atoms with Crippen LogP contribution in [0.25, 0.3) is 5.82 Å². The highest BCUT2D eigenvalue weighted by Gasteiger charge is 2.39. The Morgan fingerprint density at radius 1 is 1.25 bits per heavy atom. The van der Waals surface area contributed by atoms with Gasteiger partial charge in [-0.25, -0.2) is 9.37 Å². The van der Waals surface area contributed by atoms with Crippen LogP contribution >= 0.6 is 0 Å². The molecule has 1 aliphatic carbocycles. The van der Waals surface area contributed by atoms with Crippen molar-refractivity contribution in [1.29, 1.82) is 5.26 Å². The molecule has 4 heterocycles. The molecule has 184 valence electrons. The van der Waals surface area contributed by atoms with Crippen molar-refractivity contribution in [2.24, 2.45) is 0 Å². The second kappa shape index (κ2) is 9.04. The number of piperazine rings is 1. The van der Waals surface area contributed by atoms with Crippen LogP contribution in [-0.2, 0) is 16.0 Å². The Bertz CT molecular complexity index is 1350. The monoisotopic (exact) mass is 488 g/mol. The molecule has 2 saturated heterocycles. The smallest absolute Gasteiger partial charge is 0.230 e. The summed E-state index contributed by atoms with van der Waals surface area (Å²) in [6.07, 6.45) is 4.65. The van der Waals surface area contributed by atoms with Crippen molar-refractivity contribution >= 4 is 5.91 Å². The van der Waals surface area contributed by atoms with Gasteiger partial charge in [0.25, 0.3) is 0 Å². The van der Waals surface area contributed by atoms with E-state index in [0.717, 1.165) is 36.1 Å². The van der Waals surface area contributed by atoms with Gasteiger partial charge in [-0.1, -0.05) is 6.07 Å². The lowest BCUT2D eigenvalue weighted by atomic mass is 9.95. The molecule has 2 aliphatic heterocycles. The zero-order valence-electron chi connectivity index (χ0n) is 19.8. The minimum Gasteiger partial charge on any atom is -0.370 e. The van der Waals surface area contributed by atoms with Gasteiger partial charge >= 0.3 is 0 Å². The first-order chi connectivity index (χ1) is 17.5. The van der Waals surface area contributed by atoms with Crippen LogP contribution < -0.4 is 0 Å². The van der Waals surface area contributed by atoms with E-state index in [9.17, 15) is 14.4 Å². The molecule has 3 aromatic rings. The number of carbonyl (C=O) groups is 1. The zero-order valence-corrected chi connectivity index (χ0v) is 19.8. The quantitative estimate of drug-likeness (QED) is 0.547. The molecule has 3 atom stereocenters. The number of pyridine rings is 1. The van der Waals surface area contributed by atoms with Crippen LogP contribution in [0.5, 0.6) is 0 Å². The molecule has 2 aromatic heterocycles. The molecular weight excluding hydrogens is 463 g/mol. The number of carbonyl (C=O) groups excluding carboxylic acids is 1. The minimum absolute atomic E-state index is 0.0741. The third-order valence-corrected chi connectivity index (χ3v) is 7.69. The largest absolute Gasteiger partial charge is 0.370 e. The Labute approximate surface area is 207 Å². The number of halogens is 1. The highest BCUT2D eigenvalue weighted by molar-refractivity contribution is 5.85. The molecule has 6 rings (SSSR count). The van der Waals surface area contributed by atoms with E-state index in [0.29, 0.717) is 37.6 Å². The Balaban J connectivity index is 1.12. The number of nitrogens with zero attached hydrogens (tertiary/aromatic N) is 8. The van der Waals surface area contributed by atoms with Gasteiger partial charge in [-0.05, 0) is 64.6 Å². The van der Waals surface area contributed by atoms with E-state index in [1.807, 2.05) is 17.0 Å². The molecule has 0 N–H and O–H groups in total. The first-order valence-corrected chi connectivity index (χ1v) is 12.1. The van der Waals surface area contributed by atoms with Gasteiger partial charge in [-0.3, -0.25) is 9.69 Å². The van der Waals surface area contributed by atoms with Crippen molar-refractivity contribution in [1.82, 2.24) is 35.0 Å². The van der Waals surface area contributed by atoms with Gasteiger partial charge in [0, 0.05) is 32.4 Å². The summed E-state index contributed by atoms with van der Waals surface area (Å²) in [6.45, 7) is 4.90. The number of benzene rings is 1. The van der Waals surface area contributed by atoms with Gasteiger partial charge in [0.2, 0.25) is 5.91 Å². The van der Waals surface area contributed by atoms with E-state index in [4.69, 9.17) is 4.74 Å². The molecule has 0 spiro atoms. The molecule has 3 aliphatic rings. The number of fused-ring (bicyclic) bond motifs is 2. The van der Waals surface area contributed by atoms with Gasteiger partial charge in [-0.2, -0.15) is 9.94 Å². The molecule has 0 saturated carbocycles. The van der Waals surface area contributed by atoms with E-state index in [-0.39, 0.29) is 29.5 Å². The average molecular weight is 489 g/mol. The summed E-state index contributed by atoms with van der Waals surface area (Å²) >= 11 is 0. The van der Waals surface area contributed by atoms with E-state index in [1.165, 1.54) is 17.1 Å². The van der Waals surface area contributed by atoms with Gasteiger partial charge in [0.1, 0.15) is 18.2 Å². The Morgan fingerprint density at radius 2 is 2.14 bits per heavy atom. The van der Waals surface area contributed by atoms with E-state index in [1.54, 1.807) is 19.2 Å². The maximum absolute atomic E-state index is 14.0. The fraction of sp³-hybridized carbons (Fsp3) is 0.440. The van der Waals surface area contributed by atoms with Crippen LogP contribution in [0.2, 0.25) is 0 Å². The van der Waals surface area contributed by atoms with Crippen molar-refractivity contribution in [3.05, 3.63) is 64.4 Å². The van der Waals surface area contributed by atoms with Crippen LogP contribution in [0.3, 0.4) is 0 Å². The van der Waals surface area contributed by atoms with Crippen molar-refractivity contribution in [3.63, 3.8) is 0 Å². The molecule has 0 bridgehead atoms. The first kappa shape index (κ1) is 22.7. The first-order valence-electron chi connectivity index (χ1n) is 12.1. The van der Waals surface area contributed by atoms with Crippen LogP contribution in [0.4, 0.5) is 4.39 Å². The minimum atomic E-state index is -0.505. The third-order valence-electron chi connectivity index (χ3n) is 7.69. The molecule has 2 fully saturated rings. The summed E-state index contributed by atoms with van der Waals surface area (Å²) in [6, 6.07) is 7.08. The molecule has 1 unspecified atom stereocenters. The highest BCUT2D eigenvalue weighted by Crippen LogP contribution is 2.36. The van der Waals surface area contributed by atoms with Gasteiger partial charge in [-0.15, -0.1) is 5.10 Å². The fourth-order valence-corrected chi connectivity index (χ4v) is 5.70. The number of tetrazole rings is 1. The molecule has 1 aromatic carbocycles. The molecule has 1 amide bonds. The lowest BCUT2D eigenvalue weighted by molar-refractivity contribution is -0.141. The van der Waals surface area contributed by atoms with E-state index in [2.05, 4.69) is 25.4 Å². The summed E-state index contributed by atoms with van der Waals surface area (Å²) in [5, 5.41) is 20.5. The molecule has 10 nitrogen and oxygen atoms in total. The number of ether oxygens (including phenoxy) is 1. The average Bonchev–Trinajstić information content (AvgIpc) is 3.58. The second-order valence-electron chi connectivity index (χ2n) is 9.59. The maximum atomic E-state index is 14.0. The molecule has 0 radical (unpaired) electrons. The Morgan fingerprint density at radius 3 is 2.94 bits per heavy atom. The number of morpholine rings is 1. The summed E-state index contributed by atoms with van der Waals surface area (Å²) in [7, 11) is 0. The van der Waals surface area contributed by atoms with Gasteiger partial charge in [0.05, 0.1) is 30.2 Å². The normalized spacial score (nSPS) is 23.7. The van der Waals surface area contributed by atoms with Crippen molar-refractivity contribution in [2.75, 3.05) is 32.8 Å². The van der Waals surface area contributed by atoms with Crippen LogP contribution in [0, 0.1) is 24.1 Å². The summed E-state index contributed by atoms with van der Waals surface area (Å²) in [5.74, 6) is 0.0913. The zero-order chi connectivity index (χ0) is 24.8. The molecular formula is C25H25FN8O2. The maximum Gasteiger partial charge on any atom is 0.230 e.